The highest BCUT2D eigenvalue weighted by Crippen LogP contribution is 2.20. The molecule has 1 amide bonds. The van der Waals surface area contributed by atoms with Gasteiger partial charge in [-0.05, 0) is 67.6 Å². The van der Waals surface area contributed by atoms with Crippen molar-refractivity contribution in [1.29, 1.82) is 0 Å². The molecule has 0 saturated carbocycles. The van der Waals surface area contributed by atoms with Crippen molar-refractivity contribution in [3.8, 4) is 5.75 Å². The minimum absolute atomic E-state index is 0.176. The second kappa shape index (κ2) is 10.4. The first-order valence-electron chi connectivity index (χ1n) is 11.2. The molecule has 0 radical (unpaired) electrons. The molecule has 0 aliphatic carbocycles. The molecule has 5 heteroatoms. The molecule has 32 heavy (non-hydrogen) atoms. The number of rotatable bonds is 7. The van der Waals surface area contributed by atoms with Gasteiger partial charge in [-0.15, -0.1) is 0 Å². The number of aliphatic hydroxyl groups is 1. The summed E-state index contributed by atoms with van der Waals surface area (Å²) in [5.41, 5.74) is 4.71. The Morgan fingerprint density at radius 3 is 2.53 bits per heavy atom. The predicted molar refractivity (Wildman–Crippen MR) is 127 cm³/mol. The maximum Gasteiger partial charge on any atom is 0.255 e. The zero-order valence-corrected chi connectivity index (χ0v) is 18.5. The van der Waals surface area contributed by atoms with E-state index in [1.54, 1.807) is 12.1 Å². The van der Waals surface area contributed by atoms with E-state index in [2.05, 4.69) is 29.3 Å². The predicted octanol–water partition coefficient (Wildman–Crippen LogP) is 5.13. The van der Waals surface area contributed by atoms with Crippen LogP contribution in [0.25, 0.3) is 0 Å². The average molecular weight is 431 g/mol. The Morgan fingerprint density at radius 1 is 1.03 bits per heavy atom. The van der Waals surface area contributed by atoms with Crippen LogP contribution in [0.5, 0.6) is 5.75 Å². The van der Waals surface area contributed by atoms with E-state index in [0.717, 1.165) is 49.2 Å². The van der Waals surface area contributed by atoms with Crippen LogP contribution in [-0.4, -0.2) is 28.7 Å². The molecule has 1 aliphatic rings. The first-order valence-corrected chi connectivity index (χ1v) is 11.2. The van der Waals surface area contributed by atoms with Crippen molar-refractivity contribution in [2.24, 2.45) is 0 Å². The van der Waals surface area contributed by atoms with Crippen LogP contribution in [0.3, 0.4) is 0 Å². The number of aliphatic hydroxyl groups excluding tert-OH is 1. The molecular formula is C27H30N2O3. The smallest absolute Gasteiger partial charge is 0.255 e. The molecule has 1 unspecified atom stereocenters. The SMILES string of the molecule is Cc1ccc(COc2cccc(C(=O)Nc3ccc(CN4CCCCC4O)cc3)c2)cc1. The quantitative estimate of drug-likeness (QED) is 0.545. The van der Waals surface area contributed by atoms with Crippen LogP contribution in [-0.2, 0) is 13.2 Å². The minimum Gasteiger partial charge on any atom is -0.489 e. The summed E-state index contributed by atoms with van der Waals surface area (Å²) in [5, 5.41) is 13.1. The lowest BCUT2D eigenvalue weighted by atomic mass is 10.1. The summed E-state index contributed by atoms with van der Waals surface area (Å²) in [6, 6.07) is 23.2. The number of likely N-dealkylation sites (tertiary alicyclic amines) is 1. The molecule has 0 spiro atoms. The van der Waals surface area contributed by atoms with Gasteiger partial charge >= 0.3 is 0 Å². The van der Waals surface area contributed by atoms with Crippen LogP contribution in [0, 0.1) is 6.92 Å². The number of aryl methyl sites for hydroxylation is 1. The van der Waals surface area contributed by atoms with Gasteiger partial charge in [0.2, 0.25) is 0 Å². The van der Waals surface area contributed by atoms with Crippen LogP contribution >= 0.6 is 0 Å². The average Bonchev–Trinajstić information content (AvgIpc) is 2.81. The minimum atomic E-state index is -0.358. The van der Waals surface area contributed by atoms with Crippen LogP contribution in [0.1, 0.15) is 46.3 Å². The molecule has 3 aromatic carbocycles. The summed E-state index contributed by atoms with van der Waals surface area (Å²) >= 11 is 0. The third kappa shape index (κ3) is 5.96. The van der Waals surface area contributed by atoms with Gasteiger partial charge in [-0.25, -0.2) is 0 Å². The Kier molecular flexibility index (Phi) is 7.20. The molecule has 1 fully saturated rings. The second-order valence-electron chi connectivity index (χ2n) is 8.40. The highest BCUT2D eigenvalue weighted by Gasteiger charge is 2.19. The van der Waals surface area contributed by atoms with E-state index >= 15 is 0 Å². The standard InChI is InChI=1S/C27H30N2O3/c1-20-8-10-22(11-9-20)19-32-25-6-4-5-23(17-25)27(31)28-24-14-12-21(13-15-24)18-29-16-3-2-7-26(29)30/h4-6,8-15,17,26,30H,2-3,7,16,18-19H2,1H3,(H,28,31). The molecule has 4 rings (SSSR count). The number of nitrogens with one attached hydrogen (secondary N) is 1. The number of amides is 1. The maximum absolute atomic E-state index is 12.7. The topological polar surface area (TPSA) is 61.8 Å². The molecule has 1 heterocycles. The van der Waals surface area contributed by atoms with E-state index in [0.29, 0.717) is 17.9 Å². The summed E-state index contributed by atoms with van der Waals surface area (Å²) in [7, 11) is 0. The van der Waals surface area contributed by atoms with Gasteiger partial charge in [0.15, 0.2) is 0 Å². The molecule has 1 saturated heterocycles. The summed E-state index contributed by atoms with van der Waals surface area (Å²) in [5.74, 6) is 0.485. The monoisotopic (exact) mass is 430 g/mol. The Hall–Kier alpha value is -3.15. The van der Waals surface area contributed by atoms with E-state index in [1.807, 2.05) is 48.5 Å². The second-order valence-corrected chi connectivity index (χ2v) is 8.40. The lowest BCUT2D eigenvalue weighted by Gasteiger charge is -2.31. The Balaban J connectivity index is 1.33. The highest BCUT2D eigenvalue weighted by atomic mass is 16.5. The summed E-state index contributed by atoms with van der Waals surface area (Å²) in [6.45, 7) is 4.15. The Bertz CT molecular complexity index is 1030. The van der Waals surface area contributed by atoms with Crippen LogP contribution < -0.4 is 10.1 Å². The number of hydrogen-bond donors (Lipinski definition) is 2. The molecule has 2 N–H and O–H groups in total. The first-order chi connectivity index (χ1) is 15.6. The van der Waals surface area contributed by atoms with Crippen molar-refractivity contribution in [3.05, 3.63) is 95.1 Å². The van der Waals surface area contributed by atoms with Crippen LogP contribution in [0.4, 0.5) is 5.69 Å². The number of hydrogen-bond acceptors (Lipinski definition) is 4. The number of nitrogens with zero attached hydrogens (tertiary/aromatic N) is 1. The molecule has 1 atom stereocenters. The normalized spacial score (nSPS) is 16.5. The molecule has 1 aliphatic heterocycles. The van der Waals surface area contributed by atoms with E-state index in [-0.39, 0.29) is 12.1 Å². The Labute approximate surface area is 189 Å². The lowest BCUT2D eigenvalue weighted by molar-refractivity contribution is -0.0290. The van der Waals surface area contributed by atoms with Gasteiger partial charge in [-0.3, -0.25) is 9.69 Å². The van der Waals surface area contributed by atoms with E-state index in [9.17, 15) is 9.90 Å². The van der Waals surface area contributed by atoms with Crippen molar-refractivity contribution in [1.82, 2.24) is 4.90 Å². The molecule has 3 aromatic rings. The van der Waals surface area contributed by atoms with E-state index in [4.69, 9.17) is 4.74 Å². The van der Waals surface area contributed by atoms with Crippen molar-refractivity contribution < 1.29 is 14.6 Å². The van der Waals surface area contributed by atoms with Gasteiger partial charge < -0.3 is 15.2 Å². The third-order valence-corrected chi connectivity index (χ3v) is 5.80. The van der Waals surface area contributed by atoms with Crippen molar-refractivity contribution >= 4 is 11.6 Å². The van der Waals surface area contributed by atoms with Gasteiger partial charge in [0, 0.05) is 24.3 Å². The molecule has 166 valence electrons. The number of piperidine rings is 1. The molecule has 0 aromatic heterocycles. The molecule has 0 bridgehead atoms. The van der Waals surface area contributed by atoms with E-state index < -0.39 is 0 Å². The van der Waals surface area contributed by atoms with Crippen molar-refractivity contribution in [2.45, 2.75) is 45.6 Å². The number of ether oxygens (including phenoxy) is 1. The number of carbonyl (C=O) groups is 1. The Morgan fingerprint density at radius 2 is 1.78 bits per heavy atom. The summed E-state index contributed by atoms with van der Waals surface area (Å²) in [4.78, 5) is 14.8. The number of anilines is 1. The van der Waals surface area contributed by atoms with Crippen molar-refractivity contribution in [2.75, 3.05) is 11.9 Å². The zero-order chi connectivity index (χ0) is 22.3. The van der Waals surface area contributed by atoms with Crippen LogP contribution in [0.2, 0.25) is 0 Å². The number of carbonyl (C=O) groups excluding carboxylic acids is 1. The van der Waals surface area contributed by atoms with Crippen molar-refractivity contribution in [3.63, 3.8) is 0 Å². The fourth-order valence-electron chi connectivity index (χ4n) is 3.87. The maximum atomic E-state index is 12.7. The summed E-state index contributed by atoms with van der Waals surface area (Å²) < 4.78 is 5.86. The molecule has 5 nitrogen and oxygen atoms in total. The zero-order valence-electron chi connectivity index (χ0n) is 18.5. The fourth-order valence-corrected chi connectivity index (χ4v) is 3.87. The third-order valence-electron chi connectivity index (χ3n) is 5.80. The lowest BCUT2D eigenvalue weighted by Crippen LogP contribution is -2.38. The van der Waals surface area contributed by atoms with Gasteiger partial charge in [-0.1, -0.05) is 48.0 Å². The first kappa shape index (κ1) is 22.1. The van der Waals surface area contributed by atoms with E-state index in [1.165, 1.54) is 5.56 Å². The van der Waals surface area contributed by atoms with Gasteiger partial charge in [-0.2, -0.15) is 0 Å². The fraction of sp³-hybridized carbons (Fsp3) is 0.296. The van der Waals surface area contributed by atoms with Gasteiger partial charge in [0.05, 0.1) is 0 Å². The molecular weight excluding hydrogens is 400 g/mol. The number of benzene rings is 3. The van der Waals surface area contributed by atoms with Crippen LogP contribution in [0.15, 0.2) is 72.8 Å². The van der Waals surface area contributed by atoms with Gasteiger partial charge in [0.25, 0.3) is 5.91 Å². The van der Waals surface area contributed by atoms with Gasteiger partial charge in [0.1, 0.15) is 18.6 Å². The largest absolute Gasteiger partial charge is 0.489 e. The summed E-state index contributed by atoms with van der Waals surface area (Å²) in [6.07, 6.45) is 2.69. The highest BCUT2D eigenvalue weighted by molar-refractivity contribution is 6.04.